The summed E-state index contributed by atoms with van der Waals surface area (Å²) in [5.41, 5.74) is 0.738. The summed E-state index contributed by atoms with van der Waals surface area (Å²) in [5.74, 6) is 1.47. The van der Waals surface area contributed by atoms with E-state index < -0.39 is 16.3 Å². The second-order valence-electron chi connectivity index (χ2n) is 5.41. The largest absolute Gasteiger partial charge is 0.493 e. The van der Waals surface area contributed by atoms with E-state index in [4.69, 9.17) is 14.2 Å². The summed E-state index contributed by atoms with van der Waals surface area (Å²) in [4.78, 5) is 0. The highest BCUT2D eigenvalue weighted by molar-refractivity contribution is 7.87. The number of benzene rings is 1. The maximum Gasteiger partial charge on any atom is 0.279 e. The van der Waals surface area contributed by atoms with Gasteiger partial charge in [-0.2, -0.15) is 17.4 Å². The highest BCUT2D eigenvalue weighted by Crippen LogP contribution is 2.39. The van der Waals surface area contributed by atoms with Crippen LogP contribution < -0.4 is 18.9 Å². The number of nitrogens with one attached hydrogen (secondary N) is 1. The molecular formula is C15H24N2O5S. The Morgan fingerprint density at radius 3 is 2.00 bits per heavy atom. The molecular weight excluding hydrogens is 320 g/mol. The minimum Gasteiger partial charge on any atom is -0.493 e. The van der Waals surface area contributed by atoms with Crippen LogP contribution in [0.1, 0.15) is 31.4 Å². The molecule has 1 saturated heterocycles. The third kappa shape index (κ3) is 3.88. The summed E-state index contributed by atoms with van der Waals surface area (Å²) in [7, 11) is 1.09. The van der Waals surface area contributed by atoms with E-state index >= 15 is 0 Å². The predicted molar refractivity (Wildman–Crippen MR) is 87.4 cm³/mol. The molecule has 1 aromatic carbocycles. The van der Waals surface area contributed by atoms with Gasteiger partial charge < -0.3 is 14.2 Å². The van der Waals surface area contributed by atoms with Crippen molar-refractivity contribution < 1.29 is 22.6 Å². The Hall–Kier alpha value is -1.51. The Morgan fingerprint density at radius 2 is 1.57 bits per heavy atom. The van der Waals surface area contributed by atoms with Crippen molar-refractivity contribution in [2.24, 2.45) is 0 Å². The van der Waals surface area contributed by atoms with Crippen LogP contribution in [-0.4, -0.2) is 47.1 Å². The molecule has 1 heterocycles. The monoisotopic (exact) mass is 344 g/mol. The molecule has 7 nitrogen and oxygen atoms in total. The first-order chi connectivity index (χ1) is 10.9. The number of rotatable bonds is 7. The summed E-state index contributed by atoms with van der Waals surface area (Å²) in [6, 6.07) is 3.08. The molecule has 8 heteroatoms. The van der Waals surface area contributed by atoms with Crippen molar-refractivity contribution in [1.82, 2.24) is 9.03 Å². The first-order valence-electron chi connectivity index (χ1n) is 7.50. The number of hydrogen-bond donors (Lipinski definition) is 1. The number of nitrogens with zero attached hydrogens (tertiary/aromatic N) is 1. The third-order valence-electron chi connectivity index (χ3n) is 3.92. The number of methoxy groups -OCH3 is 3. The normalized spacial score (nSPS) is 17.0. The Morgan fingerprint density at radius 1 is 1.04 bits per heavy atom. The lowest BCUT2D eigenvalue weighted by molar-refractivity contribution is 0.323. The van der Waals surface area contributed by atoms with E-state index in [2.05, 4.69) is 4.72 Å². The van der Waals surface area contributed by atoms with E-state index in [1.807, 2.05) is 0 Å². The Kier molecular flexibility index (Phi) is 5.72. The van der Waals surface area contributed by atoms with Gasteiger partial charge in [-0.05, 0) is 37.5 Å². The van der Waals surface area contributed by atoms with Crippen LogP contribution >= 0.6 is 0 Å². The molecule has 0 radical (unpaired) electrons. The average molecular weight is 344 g/mol. The van der Waals surface area contributed by atoms with Gasteiger partial charge in [0.05, 0.1) is 21.3 Å². The Bertz CT molecular complexity index is 616. The molecule has 0 spiro atoms. The fourth-order valence-electron chi connectivity index (χ4n) is 2.65. The first-order valence-corrected chi connectivity index (χ1v) is 8.94. The first kappa shape index (κ1) is 17.8. The van der Waals surface area contributed by atoms with Crippen LogP contribution in [-0.2, 0) is 10.2 Å². The summed E-state index contributed by atoms with van der Waals surface area (Å²) in [6.07, 6.45) is 1.80. The van der Waals surface area contributed by atoms with Crippen molar-refractivity contribution in [2.75, 3.05) is 34.4 Å². The fraction of sp³-hybridized carbons (Fsp3) is 0.600. The molecule has 1 aromatic rings. The predicted octanol–water partition coefficient (Wildman–Crippen LogP) is 1.70. The third-order valence-corrected chi connectivity index (χ3v) is 5.61. The van der Waals surface area contributed by atoms with Gasteiger partial charge in [0.2, 0.25) is 5.75 Å². The van der Waals surface area contributed by atoms with Gasteiger partial charge in [0.1, 0.15) is 0 Å². The van der Waals surface area contributed by atoms with Gasteiger partial charge in [0.25, 0.3) is 10.2 Å². The SMILES string of the molecule is COc1cc(C(C)NS(=O)(=O)N2CCCC2)cc(OC)c1OC. The number of ether oxygens (including phenoxy) is 3. The lowest BCUT2D eigenvalue weighted by atomic mass is 10.1. The zero-order valence-electron chi connectivity index (χ0n) is 14.0. The highest BCUT2D eigenvalue weighted by Gasteiger charge is 2.27. The molecule has 1 unspecified atom stereocenters. The molecule has 0 bridgehead atoms. The van der Waals surface area contributed by atoms with E-state index in [-0.39, 0.29) is 0 Å². The second kappa shape index (κ2) is 7.37. The molecule has 1 aliphatic heterocycles. The van der Waals surface area contributed by atoms with Gasteiger partial charge in [-0.25, -0.2) is 0 Å². The van der Waals surface area contributed by atoms with Crippen molar-refractivity contribution in [1.29, 1.82) is 0 Å². The lowest BCUT2D eigenvalue weighted by Crippen LogP contribution is -2.40. The van der Waals surface area contributed by atoms with Crippen LogP contribution in [0.2, 0.25) is 0 Å². The van der Waals surface area contributed by atoms with E-state index in [0.29, 0.717) is 30.3 Å². The molecule has 1 atom stereocenters. The molecule has 1 fully saturated rings. The van der Waals surface area contributed by atoms with E-state index in [1.54, 1.807) is 19.1 Å². The van der Waals surface area contributed by atoms with Gasteiger partial charge in [-0.15, -0.1) is 0 Å². The van der Waals surface area contributed by atoms with Crippen molar-refractivity contribution in [3.8, 4) is 17.2 Å². The Labute approximate surface area is 137 Å². The molecule has 130 valence electrons. The maximum absolute atomic E-state index is 12.4. The van der Waals surface area contributed by atoms with E-state index in [0.717, 1.165) is 18.4 Å². The average Bonchev–Trinajstić information content (AvgIpc) is 3.08. The standard InChI is InChI=1S/C15H24N2O5S/c1-11(16-23(18,19)17-7-5-6-8-17)12-9-13(20-2)15(22-4)14(10-12)21-3/h9-11,16H,5-8H2,1-4H3. The van der Waals surface area contributed by atoms with Crippen molar-refractivity contribution in [3.63, 3.8) is 0 Å². The second-order valence-corrected chi connectivity index (χ2v) is 7.11. The van der Waals surface area contributed by atoms with Crippen molar-refractivity contribution >= 4 is 10.2 Å². The van der Waals surface area contributed by atoms with E-state index in [9.17, 15) is 8.42 Å². The minimum atomic E-state index is -3.49. The van der Waals surface area contributed by atoms with Gasteiger partial charge in [0.15, 0.2) is 11.5 Å². The highest BCUT2D eigenvalue weighted by atomic mass is 32.2. The smallest absolute Gasteiger partial charge is 0.279 e. The van der Waals surface area contributed by atoms with Crippen LogP contribution in [0.25, 0.3) is 0 Å². The lowest BCUT2D eigenvalue weighted by Gasteiger charge is -2.22. The van der Waals surface area contributed by atoms with Crippen molar-refractivity contribution in [2.45, 2.75) is 25.8 Å². The molecule has 0 aliphatic carbocycles. The topological polar surface area (TPSA) is 77.1 Å². The molecule has 1 aliphatic rings. The number of hydrogen-bond acceptors (Lipinski definition) is 5. The molecule has 23 heavy (non-hydrogen) atoms. The summed E-state index contributed by atoms with van der Waals surface area (Å²) in [5, 5.41) is 0. The summed E-state index contributed by atoms with van der Waals surface area (Å²) >= 11 is 0. The van der Waals surface area contributed by atoms with Crippen molar-refractivity contribution in [3.05, 3.63) is 17.7 Å². The summed E-state index contributed by atoms with van der Waals surface area (Å²) in [6.45, 7) is 2.92. The summed E-state index contributed by atoms with van der Waals surface area (Å²) < 4.78 is 44.8. The molecule has 0 saturated carbocycles. The minimum absolute atomic E-state index is 0.422. The van der Waals surface area contributed by atoms with Gasteiger partial charge in [0, 0.05) is 19.1 Å². The molecule has 0 amide bonds. The van der Waals surface area contributed by atoms with Crippen LogP contribution in [0.3, 0.4) is 0 Å². The van der Waals surface area contributed by atoms with Crippen LogP contribution in [0.5, 0.6) is 17.2 Å². The van der Waals surface area contributed by atoms with Gasteiger partial charge in [-0.1, -0.05) is 0 Å². The zero-order valence-corrected chi connectivity index (χ0v) is 14.8. The van der Waals surface area contributed by atoms with Crippen LogP contribution in [0.4, 0.5) is 0 Å². The van der Waals surface area contributed by atoms with E-state index in [1.165, 1.54) is 25.6 Å². The fourth-order valence-corrected chi connectivity index (χ4v) is 4.12. The Balaban J connectivity index is 2.26. The van der Waals surface area contributed by atoms with Gasteiger partial charge in [-0.3, -0.25) is 0 Å². The quantitative estimate of drug-likeness (QED) is 0.815. The molecule has 0 aromatic heterocycles. The van der Waals surface area contributed by atoms with Crippen LogP contribution in [0, 0.1) is 0 Å². The zero-order chi connectivity index (χ0) is 17.0. The maximum atomic E-state index is 12.4. The molecule has 1 N–H and O–H groups in total. The molecule has 2 rings (SSSR count). The van der Waals surface area contributed by atoms with Gasteiger partial charge >= 0.3 is 0 Å². The van der Waals surface area contributed by atoms with Crippen LogP contribution in [0.15, 0.2) is 12.1 Å².